The number of halogens is 2. The Morgan fingerprint density at radius 2 is 1.71 bits per heavy atom. The number of benzene rings is 1. The van der Waals surface area contributed by atoms with E-state index >= 15 is 0 Å². The topological polar surface area (TPSA) is 3.24 Å². The summed E-state index contributed by atoms with van der Waals surface area (Å²) < 4.78 is 0. The van der Waals surface area contributed by atoms with Gasteiger partial charge in [-0.05, 0) is 32.0 Å². The normalized spacial score (nSPS) is 17.6. The molecule has 0 bridgehead atoms. The lowest BCUT2D eigenvalue weighted by molar-refractivity contribution is 0.184. The minimum atomic E-state index is 0.691. The van der Waals surface area contributed by atoms with Crippen LogP contribution in [0.15, 0.2) is 18.2 Å². The van der Waals surface area contributed by atoms with Crippen LogP contribution in [0.2, 0.25) is 10.0 Å². The third-order valence-electron chi connectivity index (χ3n) is 3.67. The van der Waals surface area contributed by atoms with Crippen molar-refractivity contribution in [3.63, 3.8) is 0 Å². The minimum Gasteiger partial charge on any atom is -0.299 e. The van der Waals surface area contributed by atoms with Gasteiger partial charge in [-0.3, -0.25) is 4.90 Å². The fourth-order valence-corrected chi connectivity index (χ4v) is 3.10. The second kappa shape index (κ2) is 6.08. The summed E-state index contributed by atoms with van der Waals surface area (Å²) in [4.78, 5) is 2.40. The van der Waals surface area contributed by atoms with E-state index in [1.165, 1.54) is 32.1 Å². The predicted molar refractivity (Wildman–Crippen MR) is 74.8 cm³/mol. The average Bonchev–Trinajstić information content (AvgIpc) is 2.35. The number of nitrogens with zero attached hydrogens (tertiary/aromatic N) is 1. The molecule has 0 spiro atoms. The first kappa shape index (κ1) is 13.2. The zero-order valence-corrected chi connectivity index (χ0v) is 11.8. The van der Waals surface area contributed by atoms with Gasteiger partial charge in [-0.15, -0.1) is 0 Å². The first-order chi connectivity index (χ1) is 8.18. The van der Waals surface area contributed by atoms with Crippen LogP contribution in [0.1, 0.15) is 37.7 Å². The number of hydrogen-bond donors (Lipinski definition) is 0. The van der Waals surface area contributed by atoms with Crippen LogP contribution >= 0.6 is 23.2 Å². The molecule has 1 aliphatic carbocycles. The highest BCUT2D eigenvalue weighted by molar-refractivity contribution is 6.35. The Hall–Kier alpha value is -0.240. The summed E-state index contributed by atoms with van der Waals surface area (Å²) in [6.07, 6.45) is 6.70. The van der Waals surface area contributed by atoms with Crippen LogP contribution in [0.25, 0.3) is 0 Å². The molecule has 0 aromatic heterocycles. The quantitative estimate of drug-likeness (QED) is 0.767. The maximum absolute atomic E-state index is 6.20. The Balaban J connectivity index is 2.04. The summed E-state index contributed by atoms with van der Waals surface area (Å²) in [6, 6.07) is 6.42. The summed E-state index contributed by atoms with van der Waals surface area (Å²) in [7, 11) is 2.18. The lowest BCUT2D eigenvalue weighted by atomic mass is 9.94. The van der Waals surface area contributed by atoms with E-state index in [1.54, 1.807) is 0 Å². The average molecular weight is 272 g/mol. The highest BCUT2D eigenvalue weighted by atomic mass is 35.5. The highest BCUT2D eigenvalue weighted by Gasteiger charge is 2.19. The lowest BCUT2D eigenvalue weighted by Gasteiger charge is -2.31. The molecule has 1 aliphatic rings. The van der Waals surface area contributed by atoms with Crippen LogP contribution in [-0.4, -0.2) is 18.0 Å². The Morgan fingerprint density at radius 1 is 1.12 bits per heavy atom. The van der Waals surface area contributed by atoms with E-state index in [0.717, 1.165) is 22.2 Å². The summed E-state index contributed by atoms with van der Waals surface area (Å²) >= 11 is 12.4. The van der Waals surface area contributed by atoms with Crippen LogP contribution in [0, 0.1) is 0 Å². The second-order valence-corrected chi connectivity index (χ2v) is 5.72. The molecule has 0 atom stereocenters. The molecule has 1 aromatic carbocycles. The van der Waals surface area contributed by atoms with Crippen molar-refractivity contribution in [1.82, 2.24) is 4.90 Å². The first-order valence-electron chi connectivity index (χ1n) is 6.31. The van der Waals surface area contributed by atoms with Gasteiger partial charge in [0.15, 0.2) is 0 Å². The van der Waals surface area contributed by atoms with Gasteiger partial charge >= 0.3 is 0 Å². The second-order valence-electron chi connectivity index (χ2n) is 4.91. The van der Waals surface area contributed by atoms with Crippen molar-refractivity contribution < 1.29 is 0 Å². The molecule has 1 fully saturated rings. The molecule has 3 heteroatoms. The SMILES string of the molecule is CN(Cc1c(Cl)cccc1Cl)C1CCCCC1. The summed E-state index contributed by atoms with van der Waals surface area (Å²) in [5.41, 5.74) is 1.06. The van der Waals surface area contributed by atoms with Gasteiger partial charge in [-0.1, -0.05) is 48.5 Å². The van der Waals surface area contributed by atoms with Crippen molar-refractivity contribution in [1.29, 1.82) is 0 Å². The molecule has 2 rings (SSSR count). The van der Waals surface area contributed by atoms with E-state index in [0.29, 0.717) is 6.04 Å². The monoisotopic (exact) mass is 271 g/mol. The van der Waals surface area contributed by atoms with E-state index in [1.807, 2.05) is 18.2 Å². The van der Waals surface area contributed by atoms with Crippen LogP contribution in [0.3, 0.4) is 0 Å². The predicted octanol–water partition coefficient (Wildman–Crippen LogP) is 4.76. The van der Waals surface area contributed by atoms with Crippen LogP contribution in [0.4, 0.5) is 0 Å². The van der Waals surface area contributed by atoms with Gasteiger partial charge in [0, 0.05) is 28.2 Å². The molecule has 0 amide bonds. The van der Waals surface area contributed by atoms with Gasteiger partial charge in [-0.25, -0.2) is 0 Å². The van der Waals surface area contributed by atoms with Gasteiger partial charge in [0.25, 0.3) is 0 Å². The van der Waals surface area contributed by atoms with Gasteiger partial charge in [0.2, 0.25) is 0 Å². The Labute approximate surface area is 114 Å². The third kappa shape index (κ3) is 3.37. The maximum Gasteiger partial charge on any atom is 0.0465 e. The molecule has 1 nitrogen and oxygen atoms in total. The first-order valence-corrected chi connectivity index (χ1v) is 7.07. The number of hydrogen-bond acceptors (Lipinski definition) is 1. The van der Waals surface area contributed by atoms with E-state index < -0.39 is 0 Å². The van der Waals surface area contributed by atoms with Crippen molar-refractivity contribution in [2.75, 3.05) is 7.05 Å². The van der Waals surface area contributed by atoms with Gasteiger partial charge < -0.3 is 0 Å². The summed E-state index contributed by atoms with van der Waals surface area (Å²) in [5.74, 6) is 0. The Morgan fingerprint density at radius 3 is 2.29 bits per heavy atom. The molecule has 0 unspecified atom stereocenters. The van der Waals surface area contributed by atoms with Crippen molar-refractivity contribution in [2.45, 2.75) is 44.7 Å². The van der Waals surface area contributed by atoms with E-state index in [-0.39, 0.29) is 0 Å². The zero-order chi connectivity index (χ0) is 12.3. The van der Waals surface area contributed by atoms with E-state index in [2.05, 4.69) is 11.9 Å². The molecule has 1 aromatic rings. The van der Waals surface area contributed by atoms with Gasteiger partial charge in [0.05, 0.1) is 0 Å². The summed E-state index contributed by atoms with van der Waals surface area (Å²) in [6.45, 7) is 0.850. The minimum absolute atomic E-state index is 0.691. The highest BCUT2D eigenvalue weighted by Crippen LogP contribution is 2.28. The third-order valence-corrected chi connectivity index (χ3v) is 4.38. The smallest absolute Gasteiger partial charge is 0.0465 e. The molecular weight excluding hydrogens is 253 g/mol. The molecule has 0 saturated heterocycles. The molecule has 0 N–H and O–H groups in total. The number of rotatable bonds is 3. The van der Waals surface area contributed by atoms with Crippen LogP contribution in [0.5, 0.6) is 0 Å². The molecule has 0 heterocycles. The Kier molecular flexibility index (Phi) is 4.72. The largest absolute Gasteiger partial charge is 0.299 e. The zero-order valence-electron chi connectivity index (χ0n) is 10.3. The van der Waals surface area contributed by atoms with Gasteiger partial charge in [-0.2, -0.15) is 0 Å². The van der Waals surface area contributed by atoms with E-state index in [4.69, 9.17) is 23.2 Å². The van der Waals surface area contributed by atoms with Crippen LogP contribution < -0.4 is 0 Å². The summed E-state index contributed by atoms with van der Waals surface area (Å²) in [5, 5.41) is 1.56. The fourth-order valence-electron chi connectivity index (χ4n) is 2.58. The van der Waals surface area contributed by atoms with Crippen molar-refractivity contribution in [3.05, 3.63) is 33.8 Å². The lowest BCUT2D eigenvalue weighted by Crippen LogP contribution is -2.33. The molecule has 0 radical (unpaired) electrons. The molecule has 17 heavy (non-hydrogen) atoms. The fraction of sp³-hybridized carbons (Fsp3) is 0.571. The Bertz CT molecular complexity index is 352. The molecule has 1 saturated carbocycles. The molecule has 94 valence electrons. The molecule has 0 aliphatic heterocycles. The van der Waals surface area contributed by atoms with Crippen molar-refractivity contribution in [3.8, 4) is 0 Å². The standard InChI is InChI=1S/C14H19Cl2N/c1-17(11-6-3-2-4-7-11)10-12-13(15)8-5-9-14(12)16/h5,8-9,11H,2-4,6-7,10H2,1H3. The van der Waals surface area contributed by atoms with Gasteiger partial charge in [0.1, 0.15) is 0 Å². The van der Waals surface area contributed by atoms with Crippen molar-refractivity contribution >= 4 is 23.2 Å². The van der Waals surface area contributed by atoms with Crippen molar-refractivity contribution in [2.24, 2.45) is 0 Å². The van der Waals surface area contributed by atoms with E-state index in [9.17, 15) is 0 Å². The molecular formula is C14H19Cl2N. The maximum atomic E-state index is 6.20. The van der Waals surface area contributed by atoms with Crippen LogP contribution in [-0.2, 0) is 6.54 Å².